The van der Waals surface area contributed by atoms with Crippen LogP contribution in [0.5, 0.6) is 0 Å². The number of likely N-dealkylation sites (tertiary alicyclic amines) is 1. The van der Waals surface area contributed by atoms with Crippen LogP contribution in [0.15, 0.2) is 30.3 Å². The highest BCUT2D eigenvalue weighted by atomic mass is 16.2. The molecule has 5 atom stereocenters. The third kappa shape index (κ3) is 5.09. The summed E-state index contributed by atoms with van der Waals surface area (Å²) in [5, 5.41) is 16.4. The number of nitrogens with zero attached hydrogens (tertiary/aromatic N) is 2. The molecule has 1 aliphatic heterocycles. The second-order valence-corrected chi connectivity index (χ2v) is 12.8. The maximum atomic E-state index is 13.9. The Labute approximate surface area is 219 Å². The summed E-state index contributed by atoms with van der Waals surface area (Å²) in [6, 6.07) is 9.51. The molecule has 8 nitrogen and oxygen atoms in total. The highest BCUT2D eigenvalue weighted by Gasteiger charge is 2.69. The van der Waals surface area contributed by atoms with E-state index >= 15 is 0 Å². The minimum atomic E-state index is -0.760. The molecule has 2 fully saturated rings. The summed E-state index contributed by atoms with van der Waals surface area (Å²) < 4.78 is 0. The summed E-state index contributed by atoms with van der Waals surface area (Å²) in [5.74, 6) is -0.491. The van der Waals surface area contributed by atoms with E-state index in [1.165, 1.54) is 0 Å². The Kier molecular flexibility index (Phi) is 6.87. The van der Waals surface area contributed by atoms with E-state index in [2.05, 4.69) is 35.5 Å². The molecular formula is C29H39N5O3. The van der Waals surface area contributed by atoms with Crippen molar-refractivity contribution in [3.63, 3.8) is 0 Å². The van der Waals surface area contributed by atoms with E-state index in [4.69, 9.17) is 0 Å². The van der Waals surface area contributed by atoms with E-state index in [0.717, 1.165) is 10.9 Å². The normalized spacial score (nSPS) is 23.8. The fourth-order valence-corrected chi connectivity index (χ4v) is 5.81. The first-order valence-electron chi connectivity index (χ1n) is 13.1. The van der Waals surface area contributed by atoms with Crippen molar-refractivity contribution in [2.24, 2.45) is 28.6 Å². The second kappa shape index (κ2) is 9.51. The van der Waals surface area contributed by atoms with Crippen molar-refractivity contribution in [2.75, 3.05) is 6.54 Å². The lowest BCUT2D eigenvalue weighted by Crippen LogP contribution is -2.58. The zero-order valence-electron chi connectivity index (χ0n) is 22.9. The van der Waals surface area contributed by atoms with Gasteiger partial charge < -0.3 is 20.5 Å². The number of amides is 3. The number of carbonyl (C=O) groups excluding carboxylic acids is 3. The van der Waals surface area contributed by atoms with Crippen LogP contribution in [0.2, 0.25) is 0 Å². The molecule has 2 aliphatic rings. The van der Waals surface area contributed by atoms with Gasteiger partial charge in [0.1, 0.15) is 23.8 Å². The summed E-state index contributed by atoms with van der Waals surface area (Å²) in [7, 11) is 0. The number of piperidine rings is 1. The minimum Gasteiger partial charge on any atom is -0.351 e. The van der Waals surface area contributed by atoms with Crippen LogP contribution in [-0.4, -0.2) is 52.3 Å². The van der Waals surface area contributed by atoms with E-state index in [-0.39, 0.29) is 40.9 Å². The number of fused-ring (bicyclic) bond motifs is 2. The quantitative estimate of drug-likeness (QED) is 0.530. The molecule has 1 saturated heterocycles. The Morgan fingerprint density at radius 1 is 1.19 bits per heavy atom. The maximum absolute atomic E-state index is 13.9. The van der Waals surface area contributed by atoms with Crippen molar-refractivity contribution in [3.8, 4) is 6.07 Å². The average Bonchev–Trinajstić information content (AvgIpc) is 3.21. The Bertz CT molecular complexity index is 1220. The third-order valence-corrected chi connectivity index (χ3v) is 8.13. The molecule has 1 unspecified atom stereocenters. The Hall–Kier alpha value is -3.34. The summed E-state index contributed by atoms with van der Waals surface area (Å²) in [6.45, 7) is 14.4. The van der Waals surface area contributed by atoms with Gasteiger partial charge in [-0.3, -0.25) is 14.4 Å². The number of nitrogens with one attached hydrogen (secondary N) is 3. The maximum Gasteiger partial charge on any atom is 0.268 e. The smallest absolute Gasteiger partial charge is 0.268 e. The number of benzene rings is 1. The number of nitriles is 1. The van der Waals surface area contributed by atoms with Crippen LogP contribution in [-0.2, 0) is 9.59 Å². The molecule has 0 spiro atoms. The highest BCUT2D eigenvalue weighted by Crippen LogP contribution is 2.65. The number of carbonyl (C=O) groups is 3. The van der Waals surface area contributed by atoms with Crippen LogP contribution < -0.4 is 10.6 Å². The number of hydrogen-bond acceptors (Lipinski definition) is 4. The van der Waals surface area contributed by atoms with Gasteiger partial charge in [0.25, 0.3) is 5.91 Å². The second-order valence-electron chi connectivity index (χ2n) is 12.8. The first kappa shape index (κ1) is 26.7. The molecule has 3 amide bonds. The summed E-state index contributed by atoms with van der Waals surface area (Å²) in [5.41, 5.74) is 0.752. The van der Waals surface area contributed by atoms with Crippen LogP contribution in [0.25, 0.3) is 10.9 Å². The molecular weight excluding hydrogens is 466 g/mol. The fourth-order valence-electron chi connectivity index (χ4n) is 5.81. The van der Waals surface area contributed by atoms with E-state index in [1.54, 1.807) is 11.0 Å². The zero-order chi connectivity index (χ0) is 27.3. The van der Waals surface area contributed by atoms with Crippen LogP contribution in [0, 0.1) is 39.9 Å². The Morgan fingerprint density at radius 3 is 2.46 bits per heavy atom. The van der Waals surface area contributed by atoms with E-state index < -0.39 is 23.5 Å². The van der Waals surface area contributed by atoms with Crippen molar-refractivity contribution in [1.82, 2.24) is 20.5 Å². The van der Waals surface area contributed by atoms with Crippen molar-refractivity contribution in [2.45, 2.75) is 73.0 Å². The van der Waals surface area contributed by atoms with Crippen molar-refractivity contribution in [3.05, 3.63) is 36.0 Å². The predicted octanol–water partition coefficient (Wildman–Crippen LogP) is 3.85. The summed E-state index contributed by atoms with van der Waals surface area (Å²) >= 11 is 0. The van der Waals surface area contributed by atoms with Gasteiger partial charge in [-0.1, -0.05) is 66.7 Å². The van der Waals surface area contributed by atoms with Crippen LogP contribution >= 0.6 is 0 Å². The summed E-state index contributed by atoms with van der Waals surface area (Å²) in [6.07, 6.45) is 0.456. The number of hydrogen-bond donors (Lipinski definition) is 3. The van der Waals surface area contributed by atoms with Crippen LogP contribution in [0.1, 0.15) is 65.4 Å². The topological polar surface area (TPSA) is 118 Å². The number of aromatic amines is 1. The lowest BCUT2D eigenvalue weighted by Gasteiger charge is -2.35. The first-order chi connectivity index (χ1) is 17.3. The van der Waals surface area contributed by atoms with E-state index in [0.29, 0.717) is 18.7 Å². The van der Waals surface area contributed by atoms with Gasteiger partial charge in [-0.25, -0.2) is 0 Å². The molecule has 198 valence electrons. The third-order valence-electron chi connectivity index (χ3n) is 8.13. The van der Waals surface area contributed by atoms with Gasteiger partial charge in [-0.2, -0.15) is 5.26 Å². The van der Waals surface area contributed by atoms with E-state index in [9.17, 15) is 19.6 Å². The van der Waals surface area contributed by atoms with Crippen LogP contribution in [0.3, 0.4) is 0 Å². The Balaban J connectivity index is 1.56. The van der Waals surface area contributed by atoms with Gasteiger partial charge in [0.15, 0.2) is 0 Å². The van der Waals surface area contributed by atoms with Gasteiger partial charge in [0, 0.05) is 17.4 Å². The molecule has 1 saturated carbocycles. The molecule has 3 N–H and O–H groups in total. The molecule has 8 heteroatoms. The SMILES string of the molecule is CC(C)C[C@H](NC(=O)c1cc2ccccc2[nH]1)C(=O)N1C[C@H]2[C@@H](C1C(=O)N[C@H](C#N)C(C)(C)C)C2(C)C. The largest absolute Gasteiger partial charge is 0.351 e. The van der Waals surface area contributed by atoms with Gasteiger partial charge in [-0.15, -0.1) is 0 Å². The number of para-hydroxylation sites is 1. The molecule has 0 bridgehead atoms. The van der Waals surface area contributed by atoms with Gasteiger partial charge >= 0.3 is 0 Å². The number of aromatic nitrogens is 1. The molecule has 1 aliphatic carbocycles. The van der Waals surface area contributed by atoms with Crippen molar-refractivity contribution in [1.29, 1.82) is 5.26 Å². The number of rotatable bonds is 7. The molecule has 4 rings (SSSR count). The van der Waals surface area contributed by atoms with Gasteiger partial charge in [0.05, 0.1) is 6.07 Å². The van der Waals surface area contributed by atoms with Crippen molar-refractivity contribution < 1.29 is 14.4 Å². The molecule has 2 heterocycles. The van der Waals surface area contributed by atoms with Gasteiger partial charge in [0.2, 0.25) is 11.8 Å². The summed E-state index contributed by atoms with van der Waals surface area (Å²) in [4.78, 5) is 45.4. The minimum absolute atomic E-state index is 0.0277. The highest BCUT2D eigenvalue weighted by molar-refractivity contribution is 6.01. The molecule has 1 aromatic heterocycles. The fraction of sp³-hybridized carbons (Fsp3) is 0.586. The average molecular weight is 506 g/mol. The molecule has 0 radical (unpaired) electrons. The lowest BCUT2D eigenvalue weighted by molar-refractivity contribution is -0.142. The zero-order valence-corrected chi connectivity index (χ0v) is 22.9. The predicted molar refractivity (Wildman–Crippen MR) is 142 cm³/mol. The number of H-pyrrole nitrogens is 1. The molecule has 2 aromatic rings. The monoisotopic (exact) mass is 505 g/mol. The van der Waals surface area contributed by atoms with Gasteiger partial charge in [-0.05, 0) is 47.1 Å². The lowest BCUT2D eigenvalue weighted by atomic mass is 9.87. The molecule has 37 heavy (non-hydrogen) atoms. The standard InChI is InChI=1S/C29H39N5O3/c1-16(2)12-21(32-25(35)20-13-17-10-8-9-11-19(17)31-20)27(37)34-15-18-23(29(18,6)7)24(34)26(36)33-22(14-30)28(3,4)5/h8-11,13,16,18,21-24,31H,12,15H2,1-7H3,(H,32,35)(H,33,36)/t18-,21-,22+,23-,24?/m0/s1. The molecule has 1 aromatic carbocycles. The first-order valence-corrected chi connectivity index (χ1v) is 13.1. The van der Waals surface area contributed by atoms with E-state index in [1.807, 2.05) is 58.9 Å². The van der Waals surface area contributed by atoms with Crippen LogP contribution in [0.4, 0.5) is 0 Å². The van der Waals surface area contributed by atoms with Crippen molar-refractivity contribution >= 4 is 28.6 Å². The Morgan fingerprint density at radius 2 is 1.86 bits per heavy atom.